The van der Waals surface area contributed by atoms with Crippen molar-refractivity contribution in [3.63, 3.8) is 0 Å². The second-order valence-corrected chi connectivity index (χ2v) is 7.87. The number of fused-ring (bicyclic) bond motifs is 2. The van der Waals surface area contributed by atoms with Gasteiger partial charge in [-0.05, 0) is 35.4 Å². The number of H-pyrrole nitrogens is 1. The number of nitrogens with two attached hydrogens (primary N) is 1. The molecule has 2 aliphatic rings. The molecule has 0 aliphatic carbocycles. The number of aromatic nitrogens is 2. The van der Waals surface area contributed by atoms with Crippen LogP contribution in [0.25, 0.3) is 16.7 Å². The molecule has 31 heavy (non-hydrogen) atoms. The van der Waals surface area contributed by atoms with Crippen LogP contribution in [0, 0.1) is 5.41 Å². The zero-order valence-electron chi connectivity index (χ0n) is 17.1. The highest BCUT2D eigenvalue weighted by atomic mass is 16.3. The van der Waals surface area contributed by atoms with Crippen LogP contribution in [-0.2, 0) is 13.1 Å². The number of urea groups is 1. The molecule has 0 radical (unpaired) electrons. The lowest BCUT2D eigenvalue weighted by atomic mass is 10.1. The maximum atomic E-state index is 12.1. The van der Waals surface area contributed by atoms with Gasteiger partial charge in [0.05, 0.1) is 11.0 Å². The van der Waals surface area contributed by atoms with Gasteiger partial charge >= 0.3 is 6.03 Å². The largest absolute Gasteiger partial charge is 0.504 e. The number of hydrogen-bond donors (Lipinski definition) is 5. The van der Waals surface area contributed by atoms with Crippen molar-refractivity contribution < 1.29 is 9.90 Å². The van der Waals surface area contributed by atoms with Crippen molar-refractivity contribution in [2.45, 2.75) is 13.1 Å². The van der Waals surface area contributed by atoms with Crippen LogP contribution in [0.3, 0.4) is 0 Å². The van der Waals surface area contributed by atoms with Crippen LogP contribution in [0.5, 0.6) is 0 Å². The third-order valence-electron chi connectivity index (χ3n) is 5.87. The van der Waals surface area contributed by atoms with Gasteiger partial charge in [-0.15, -0.1) is 0 Å². The number of hydrogen-bond acceptors (Lipinski definition) is 6. The van der Waals surface area contributed by atoms with Gasteiger partial charge in [0.1, 0.15) is 11.4 Å². The number of carbonyl (C=O) groups excluding carboxylic acids is 1. The van der Waals surface area contributed by atoms with Crippen LogP contribution >= 0.6 is 0 Å². The number of rotatable bonds is 4. The fourth-order valence-corrected chi connectivity index (χ4v) is 4.01. The molecule has 2 aromatic carbocycles. The van der Waals surface area contributed by atoms with Crippen molar-refractivity contribution >= 4 is 34.2 Å². The van der Waals surface area contributed by atoms with Gasteiger partial charge in [0.15, 0.2) is 11.6 Å². The van der Waals surface area contributed by atoms with Crippen molar-refractivity contribution in [2.75, 3.05) is 25.0 Å². The van der Waals surface area contributed by atoms with Gasteiger partial charge < -0.3 is 26.0 Å². The Bertz CT molecular complexity index is 1200. The first-order valence-electron chi connectivity index (χ1n) is 10.1. The van der Waals surface area contributed by atoms with Gasteiger partial charge in [-0.3, -0.25) is 10.3 Å². The van der Waals surface area contributed by atoms with Gasteiger partial charge in [0, 0.05) is 44.5 Å². The van der Waals surface area contributed by atoms with Gasteiger partial charge in [0.25, 0.3) is 0 Å². The summed E-state index contributed by atoms with van der Waals surface area (Å²) >= 11 is 0. The molecule has 3 heterocycles. The number of likely N-dealkylation sites (N-methyl/N-ethyl adjacent to an activating group) is 1. The summed E-state index contributed by atoms with van der Waals surface area (Å²) in [5, 5.41) is 22.3. The molecule has 5 rings (SSSR count). The van der Waals surface area contributed by atoms with Crippen molar-refractivity contribution in [3.8, 4) is 0 Å². The Kier molecular flexibility index (Phi) is 4.40. The molecule has 1 saturated heterocycles. The van der Waals surface area contributed by atoms with E-state index in [0.717, 1.165) is 29.8 Å². The molecule has 0 atom stereocenters. The Hall–Kier alpha value is -3.85. The highest BCUT2D eigenvalue weighted by Crippen LogP contribution is 2.25. The first kappa shape index (κ1) is 19.1. The molecule has 2 amide bonds. The molecule has 9 heteroatoms. The third kappa shape index (κ3) is 3.19. The summed E-state index contributed by atoms with van der Waals surface area (Å²) in [6.45, 7) is 2.92. The molecular weight excluding hydrogens is 394 g/mol. The Morgan fingerprint density at radius 1 is 1.16 bits per heavy atom. The quantitative estimate of drug-likeness (QED) is 0.328. The fraction of sp³-hybridized carbons (Fsp3) is 0.227. The molecule has 3 aromatic rings. The van der Waals surface area contributed by atoms with Crippen LogP contribution in [-0.4, -0.2) is 51.9 Å². The lowest BCUT2D eigenvalue weighted by Crippen LogP contribution is -2.29. The third-order valence-corrected chi connectivity index (χ3v) is 5.87. The predicted molar refractivity (Wildman–Crippen MR) is 119 cm³/mol. The second-order valence-electron chi connectivity index (χ2n) is 7.87. The van der Waals surface area contributed by atoms with E-state index in [1.54, 1.807) is 41.1 Å². The molecule has 0 bridgehead atoms. The number of anilines is 1. The van der Waals surface area contributed by atoms with E-state index in [1.165, 1.54) is 11.1 Å². The Labute approximate surface area is 178 Å². The van der Waals surface area contributed by atoms with Crippen LogP contribution in [0.1, 0.15) is 22.5 Å². The Morgan fingerprint density at radius 3 is 2.55 bits per heavy atom. The highest BCUT2D eigenvalue weighted by Gasteiger charge is 2.26. The highest BCUT2D eigenvalue weighted by molar-refractivity contribution is 6.12. The molecule has 1 aromatic heterocycles. The van der Waals surface area contributed by atoms with Crippen LogP contribution in [0.15, 0.2) is 42.2 Å². The summed E-state index contributed by atoms with van der Waals surface area (Å²) in [4.78, 5) is 23.1. The summed E-state index contributed by atoms with van der Waals surface area (Å²) in [6, 6.07) is 10.9. The molecule has 0 saturated carbocycles. The summed E-state index contributed by atoms with van der Waals surface area (Å²) in [7, 11) is 1.76. The van der Waals surface area contributed by atoms with Crippen molar-refractivity contribution in [2.24, 2.45) is 5.73 Å². The molecule has 6 N–H and O–H groups in total. The molecule has 158 valence electrons. The molecule has 2 aliphatic heterocycles. The Balaban J connectivity index is 1.41. The number of carbonyl (C=O) groups is 1. The van der Waals surface area contributed by atoms with E-state index < -0.39 is 0 Å². The van der Waals surface area contributed by atoms with E-state index in [2.05, 4.69) is 15.3 Å². The number of aromatic amines is 1. The lowest BCUT2D eigenvalue weighted by molar-refractivity contribution is 0.229. The second kappa shape index (κ2) is 7.13. The predicted octanol–water partition coefficient (Wildman–Crippen LogP) is 2.29. The summed E-state index contributed by atoms with van der Waals surface area (Å²) in [5.74, 6) is -0.0193. The minimum Gasteiger partial charge on any atom is -0.504 e. The number of amides is 2. The van der Waals surface area contributed by atoms with Crippen molar-refractivity contribution in [1.29, 1.82) is 5.41 Å². The number of benzene rings is 2. The standard InChI is InChI=1S/C22H23N7O2/c1-28-6-7-29(22(28)31)15-4-2-12(3-5-15)18(23)20(30)19(24)21-26-16-8-13-10-25-11-14(13)9-17(16)27-21/h2-5,8-9,23,25,30H,6-7,10-11,24H2,1H3,(H,26,27)/b20-19+,23-18?. The lowest BCUT2D eigenvalue weighted by Gasteiger charge is -2.16. The number of allylic oxidation sites excluding steroid dienone is 1. The zero-order valence-corrected chi connectivity index (χ0v) is 17.1. The van der Waals surface area contributed by atoms with Crippen LogP contribution in [0.2, 0.25) is 0 Å². The van der Waals surface area contributed by atoms with Crippen LogP contribution in [0.4, 0.5) is 10.5 Å². The normalized spacial score (nSPS) is 16.7. The number of nitrogens with zero attached hydrogens (tertiary/aromatic N) is 3. The van der Waals surface area contributed by atoms with Gasteiger partial charge in [-0.25, -0.2) is 9.78 Å². The topological polar surface area (TPSA) is 134 Å². The molecule has 0 spiro atoms. The van der Waals surface area contributed by atoms with Gasteiger partial charge in [-0.1, -0.05) is 12.1 Å². The van der Waals surface area contributed by atoms with Crippen molar-refractivity contribution in [3.05, 3.63) is 64.7 Å². The summed E-state index contributed by atoms with van der Waals surface area (Å²) < 4.78 is 0. The smallest absolute Gasteiger partial charge is 0.324 e. The van der Waals surface area contributed by atoms with E-state index in [9.17, 15) is 9.90 Å². The zero-order chi connectivity index (χ0) is 21.7. The average Bonchev–Trinajstić information content (AvgIpc) is 3.49. The van der Waals surface area contributed by atoms with Crippen LogP contribution < -0.4 is 16.0 Å². The molecule has 9 nitrogen and oxygen atoms in total. The fourth-order valence-electron chi connectivity index (χ4n) is 4.01. The first-order chi connectivity index (χ1) is 14.9. The molecule has 0 unspecified atom stereocenters. The first-order valence-corrected chi connectivity index (χ1v) is 10.1. The molecular formula is C22H23N7O2. The van der Waals surface area contributed by atoms with E-state index >= 15 is 0 Å². The number of aliphatic hydroxyl groups excluding tert-OH is 1. The van der Waals surface area contributed by atoms with E-state index in [1.807, 2.05) is 12.1 Å². The van der Waals surface area contributed by atoms with Gasteiger partial charge in [-0.2, -0.15) is 0 Å². The summed E-state index contributed by atoms with van der Waals surface area (Å²) in [6.07, 6.45) is 0. The van der Waals surface area contributed by atoms with E-state index in [0.29, 0.717) is 24.5 Å². The SMILES string of the molecule is CN1CCN(c2ccc(C(=N)/C(O)=C(\N)c3nc4cc5c(cc4[nH]3)CNC5)cc2)C1=O. The number of imidazole rings is 1. The number of aliphatic hydroxyl groups is 1. The molecule has 1 fully saturated rings. The van der Waals surface area contributed by atoms with Crippen molar-refractivity contribution in [1.82, 2.24) is 20.2 Å². The average molecular weight is 417 g/mol. The van der Waals surface area contributed by atoms with E-state index in [4.69, 9.17) is 11.1 Å². The Morgan fingerprint density at radius 2 is 1.87 bits per heavy atom. The minimum absolute atomic E-state index is 0.0138. The maximum absolute atomic E-state index is 12.1. The maximum Gasteiger partial charge on any atom is 0.324 e. The van der Waals surface area contributed by atoms with Gasteiger partial charge in [0.2, 0.25) is 0 Å². The minimum atomic E-state index is -0.349. The number of nitrogens with one attached hydrogen (secondary N) is 3. The summed E-state index contributed by atoms with van der Waals surface area (Å²) in [5.41, 5.74) is 11.3. The monoisotopic (exact) mass is 417 g/mol. The van der Waals surface area contributed by atoms with E-state index in [-0.39, 0.29) is 23.2 Å².